The van der Waals surface area contributed by atoms with Gasteiger partial charge in [-0.05, 0) is 36.8 Å². The van der Waals surface area contributed by atoms with Crippen LogP contribution in [0.15, 0.2) is 36.7 Å². The topological polar surface area (TPSA) is 30.7 Å². The molecule has 2 aromatic heterocycles. The highest BCUT2D eigenvalue weighted by molar-refractivity contribution is 6.20. The molecule has 0 aliphatic carbocycles. The molecule has 3 nitrogen and oxygen atoms in total. The lowest BCUT2D eigenvalue weighted by Crippen LogP contribution is -2.07. The smallest absolute Gasteiger partial charge is 0.184 e. The van der Waals surface area contributed by atoms with Gasteiger partial charge in [-0.15, -0.1) is 11.6 Å². The van der Waals surface area contributed by atoms with Gasteiger partial charge >= 0.3 is 0 Å². The number of nitrogens with zero attached hydrogens (tertiary/aromatic N) is 3. The number of hydrogen-bond donors (Lipinski definition) is 0. The van der Waals surface area contributed by atoms with Crippen molar-refractivity contribution in [3.63, 3.8) is 0 Å². The zero-order valence-electron chi connectivity index (χ0n) is 11.2. The van der Waals surface area contributed by atoms with E-state index < -0.39 is 17.0 Å². The number of hydrogen-bond acceptors (Lipinski definition) is 2. The molecule has 0 N–H and O–H groups in total. The molecule has 0 aliphatic heterocycles. The van der Waals surface area contributed by atoms with E-state index in [1.807, 2.05) is 12.1 Å². The van der Waals surface area contributed by atoms with Crippen LogP contribution in [0.5, 0.6) is 0 Å². The van der Waals surface area contributed by atoms with E-state index in [9.17, 15) is 8.78 Å². The van der Waals surface area contributed by atoms with Crippen molar-refractivity contribution in [1.82, 2.24) is 14.5 Å². The monoisotopic (exact) mass is 307 g/mol. The Morgan fingerprint density at radius 1 is 1.19 bits per heavy atom. The van der Waals surface area contributed by atoms with Crippen molar-refractivity contribution in [1.29, 1.82) is 0 Å². The van der Waals surface area contributed by atoms with Crippen LogP contribution < -0.4 is 0 Å². The SMILES string of the molecule is CC(Cl)c1nc2ccc(F)c(F)c2n1Cc1ccncc1. The van der Waals surface area contributed by atoms with Crippen LogP contribution in [0.3, 0.4) is 0 Å². The standard InChI is InChI=1S/C15H12ClF2N3/c1-9(16)15-20-12-3-2-11(17)13(18)14(12)21(15)8-10-4-6-19-7-5-10/h2-7,9H,8H2,1H3. The van der Waals surface area contributed by atoms with Crippen LogP contribution >= 0.6 is 11.6 Å². The number of imidazole rings is 1. The second-order valence-corrected chi connectivity index (χ2v) is 5.41. The van der Waals surface area contributed by atoms with E-state index in [1.54, 1.807) is 23.9 Å². The van der Waals surface area contributed by atoms with E-state index >= 15 is 0 Å². The second-order valence-electron chi connectivity index (χ2n) is 4.76. The Morgan fingerprint density at radius 3 is 2.57 bits per heavy atom. The molecule has 0 saturated carbocycles. The molecule has 0 aliphatic rings. The van der Waals surface area contributed by atoms with Gasteiger partial charge in [0, 0.05) is 18.9 Å². The van der Waals surface area contributed by atoms with Crippen molar-refractivity contribution in [3.8, 4) is 0 Å². The maximum absolute atomic E-state index is 14.1. The van der Waals surface area contributed by atoms with Crippen molar-refractivity contribution in [3.05, 3.63) is 59.7 Å². The molecule has 6 heteroatoms. The predicted octanol–water partition coefficient (Wildman–Crippen LogP) is 4.06. The number of aromatic nitrogens is 3. The van der Waals surface area contributed by atoms with Gasteiger partial charge in [-0.25, -0.2) is 13.8 Å². The van der Waals surface area contributed by atoms with Crippen LogP contribution in [0.4, 0.5) is 8.78 Å². The summed E-state index contributed by atoms with van der Waals surface area (Å²) in [5, 5.41) is -0.415. The van der Waals surface area contributed by atoms with Crippen molar-refractivity contribution >= 4 is 22.6 Å². The number of benzene rings is 1. The zero-order chi connectivity index (χ0) is 15.0. The number of fused-ring (bicyclic) bond motifs is 1. The molecule has 0 amide bonds. The van der Waals surface area contributed by atoms with Crippen LogP contribution in [0.25, 0.3) is 11.0 Å². The summed E-state index contributed by atoms with van der Waals surface area (Å²) in [6.07, 6.45) is 3.30. The quantitative estimate of drug-likeness (QED) is 0.683. The predicted molar refractivity (Wildman–Crippen MR) is 77.3 cm³/mol. The minimum Gasteiger partial charge on any atom is -0.320 e. The van der Waals surface area contributed by atoms with Crippen molar-refractivity contribution in [2.75, 3.05) is 0 Å². The summed E-state index contributed by atoms with van der Waals surface area (Å²) in [5.74, 6) is -1.29. The van der Waals surface area contributed by atoms with Crippen LogP contribution in [0, 0.1) is 11.6 Å². The van der Waals surface area contributed by atoms with E-state index in [2.05, 4.69) is 9.97 Å². The van der Waals surface area contributed by atoms with Crippen LogP contribution in [0.2, 0.25) is 0 Å². The third-order valence-corrected chi connectivity index (χ3v) is 3.47. The normalized spacial score (nSPS) is 12.8. The highest BCUT2D eigenvalue weighted by Crippen LogP contribution is 2.28. The van der Waals surface area contributed by atoms with Crippen LogP contribution in [-0.4, -0.2) is 14.5 Å². The van der Waals surface area contributed by atoms with Gasteiger partial charge < -0.3 is 4.57 Å². The summed E-state index contributed by atoms with van der Waals surface area (Å²) in [6, 6.07) is 6.15. The molecular weight excluding hydrogens is 296 g/mol. The summed E-state index contributed by atoms with van der Waals surface area (Å²) in [7, 11) is 0. The summed E-state index contributed by atoms with van der Waals surface area (Å²) in [4.78, 5) is 8.26. The minimum atomic E-state index is -0.905. The summed E-state index contributed by atoms with van der Waals surface area (Å²) < 4.78 is 29.3. The van der Waals surface area contributed by atoms with Crippen LogP contribution in [0.1, 0.15) is 23.7 Å². The number of halogens is 3. The molecule has 0 spiro atoms. The van der Waals surface area contributed by atoms with Gasteiger partial charge in [0.2, 0.25) is 0 Å². The lowest BCUT2D eigenvalue weighted by molar-refractivity contribution is 0.511. The first-order chi connectivity index (χ1) is 10.1. The Kier molecular flexibility index (Phi) is 3.59. The van der Waals surface area contributed by atoms with E-state index in [-0.39, 0.29) is 5.52 Å². The van der Waals surface area contributed by atoms with E-state index in [0.717, 1.165) is 11.6 Å². The number of pyridine rings is 1. The molecule has 1 aromatic carbocycles. The Bertz CT molecular complexity index is 784. The van der Waals surface area contributed by atoms with Gasteiger partial charge in [0.1, 0.15) is 11.3 Å². The molecule has 3 aromatic rings. The summed E-state index contributed by atoms with van der Waals surface area (Å²) in [6.45, 7) is 2.10. The fourth-order valence-electron chi connectivity index (χ4n) is 2.31. The van der Waals surface area contributed by atoms with Gasteiger partial charge in [-0.3, -0.25) is 4.98 Å². The average Bonchev–Trinajstić information content (AvgIpc) is 2.84. The van der Waals surface area contributed by atoms with E-state index in [0.29, 0.717) is 17.9 Å². The summed E-state index contributed by atoms with van der Waals surface area (Å²) >= 11 is 6.13. The van der Waals surface area contributed by atoms with Crippen LogP contribution in [-0.2, 0) is 6.54 Å². The molecule has 3 rings (SSSR count). The third kappa shape index (κ3) is 2.49. The molecule has 2 heterocycles. The van der Waals surface area contributed by atoms with Gasteiger partial charge in [0.25, 0.3) is 0 Å². The molecule has 21 heavy (non-hydrogen) atoms. The van der Waals surface area contributed by atoms with Gasteiger partial charge in [-0.1, -0.05) is 0 Å². The first-order valence-electron chi connectivity index (χ1n) is 6.45. The number of alkyl halides is 1. The van der Waals surface area contributed by atoms with Crippen molar-refractivity contribution < 1.29 is 8.78 Å². The maximum Gasteiger partial charge on any atom is 0.184 e. The minimum absolute atomic E-state index is 0.134. The molecule has 1 unspecified atom stereocenters. The zero-order valence-corrected chi connectivity index (χ0v) is 12.0. The third-order valence-electron chi connectivity index (χ3n) is 3.28. The van der Waals surface area contributed by atoms with Crippen molar-refractivity contribution in [2.24, 2.45) is 0 Å². The molecule has 0 radical (unpaired) electrons. The summed E-state index contributed by atoms with van der Waals surface area (Å²) in [5.41, 5.74) is 1.44. The van der Waals surface area contributed by atoms with E-state index in [1.165, 1.54) is 6.07 Å². The molecular formula is C15H12ClF2N3. The highest BCUT2D eigenvalue weighted by Gasteiger charge is 2.20. The Labute approximate surface area is 125 Å². The molecule has 0 bridgehead atoms. The first kappa shape index (κ1) is 13.9. The number of rotatable bonds is 3. The molecule has 1 atom stereocenters. The molecule has 108 valence electrons. The molecule has 0 fully saturated rings. The van der Waals surface area contributed by atoms with Crippen molar-refractivity contribution in [2.45, 2.75) is 18.8 Å². The Balaban J connectivity index is 2.22. The first-order valence-corrected chi connectivity index (χ1v) is 6.88. The van der Waals surface area contributed by atoms with Gasteiger partial charge in [-0.2, -0.15) is 0 Å². The lowest BCUT2D eigenvalue weighted by Gasteiger charge is -2.11. The average molecular weight is 308 g/mol. The van der Waals surface area contributed by atoms with Gasteiger partial charge in [0.15, 0.2) is 11.6 Å². The Hall–Kier alpha value is -2.01. The second kappa shape index (κ2) is 5.41. The fourth-order valence-corrected chi connectivity index (χ4v) is 2.48. The fraction of sp³-hybridized carbons (Fsp3) is 0.200. The Morgan fingerprint density at radius 2 is 1.90 bits per heavy atom. The van der Waals surface area contributed by atoms with Gasteiger partial charge in [0.05, 0.1) is 10.9 Å². The molecule has 0 saturated heterocycles. The van der Waals surface area contributed by atoms with E-state index in [4.69, 9.17) is 11.6 Å². The highest BCUT2D eigenvalue weighted by atomic mass is 35.5. The largest absolute Gasteiger partial charge is 0.320 e. The lowest BCUT2D eigenvalue weighted by atomic mass is 10.2. The maximum atomic E-state index is 14.1.